The van der Waals surface area contributed by atoms with E-state index in [9.17, 15) is 13.2 Å². The van der Waals surface area contributed by atoms with Gasteiger partial charge in [-0.2, -0.15) is 13.2 Å². The number of rotatable bonds is 4. The van der Waals surface area contributed by atoms with E-state index in [1.807, 2.05) is 30.3 Å². The minimum absolute atomic E-state index is 0.257. The fourth-order valence-corrected chi connectivity index (χ4v) is 2.70. The van der Waals surface area contributed by atoms with Crippen LogP contribution in [-0.4, -0.2) is 5.33 Å². The van der Waals surface area contributed by atoms with Crippen LogP contribution in [0.2, 0.25) is 0 Å². The van der Waals surface area contributed by atoms with E-state index in [1.54, 1.807) is 12.1 Å². The second kappa shape index (κ2) is 6.44. The highest BCUT2D eigenvalue weighted by atomic mass is 79.9. The van der Waals surface area contributed by atoms with Crippen molar-refractivity contribution in [2.75, 3.05) is 5.33 Å². The summed E-state index contributed by atoms with van der Waals surface area (Å²) in [7, 11) is 0. The van der Waals surface area contributed by atoms with E-state index in [0.717, 1.165) is 23.0 Å². The molecule has 0 spiro atoms. The van der Waals surface area contributed by atoms with Gasteiger partial charge >= 0.3 is 6.18 Å². The zero-order valence-electron chi connectivity index (χ0n) is 10.7. The van der Waals surface area contributed by atoms with Gasteiger partial charge in [0.2, 0.25) is 0 Å². The standard InChI is InChI=1S/C16H14BrF3/c17-11-14(13-4-2-1-3-5-13)10-12-6-8-15(9-7-12)16(18,19)20/h1-9,14H,10-11H2. The van der Waals surface area contributed by atoms with Gasteiger partial charge in [0.15, 0.2) is 0 Å². The van der Waals surface area contributed by atoms with Gasteiger partial charge < -0.3 is 0 Å². The number of hydrogen-bond donors (Lipinski definition) is 0. The maximum atomic E-state index is 12.5. The summed E-state index contributed by atoms with van der Waals surface area (Å²) in [5, 5.41) is 0.776. The Labute approximate surface area is 124 Å². The summed E-state index contributed by atoms with van der Waals surface area (Å²) in [6.45, 7) is 0. The molecule has 0 aliphatic rings. The van der Waals surface area contributed by atoms with Gasteiger partial charge in [-0.1, -0.05) is 58.4 Å². The van der Waals surface area contributed by atoms with Gasteiger partial charge in [0.1, 0.15) is 0 Å². The Morgan fingerprint density at radius 3 is 2.00 bits per heavy atom. The average molecular weight is 343 g/mol. The van der Waals surface area contributed by atoms with Crippen LogP contribution in [0.1, 0.15) is 22.6 Å². The lowest BCUT2D eigenvalue weighted by Crippen LogP contribution is -2.07. The molecule has 0 amide bonds. The zero-order chi connectivity index (χ0) is 14.6. The fourth-order valence-electron chi connectivity index (χ4n) is 2.10. The normalized spacial score (nSPS) is 13.2. The van der Waals surface area contributed by atoms with Crippen LogP contribution in [0.25, 0.3) is 0 Å². The van der Waals surface area contributed by atoms with Crippen molar-refractivity contribution in [2.24, 2.45) is 0 Å². The average Bonchev–Trinajstić information content (AvgIpc) is 2.45. The molecule has 0 saturated carbocycles. The molecule has 1 unspecified atom stereocenters. The lowest BCUT2D eigenvalue weighted by atomic mass is 9.93. The van der Waals surface area contributed by atoms with E-state index >= 15 is 0 Å². The Kier molecular flexibility index (Phi) is 4.86. The summed E-state index contributed by atoms with van der Waals surface area (Å²) in [6, 6.07) is 15.4. The molecule has 1 atom stereocenters. The topological polar surface area (TPSA) is 0 Å². The molecular formula is C16H14BrF3. The first-order valence-electron chi connectivity index (χ1n) is 6.27. The fraction of sp³-hybridized carbons (Fsp3) is 0.250. The second-order valence-corrected chi connectivity index (χ2v) is 5.31. The highest BCUT2D eigenvalue weighted by molar-refractivity contribution is 9.09. The maximum Gasteiger partial charge on any atom is 0.416 e. The van der Waals surface area contributed by atoms with Crippen LogP contribution >= 0.6 is 15.9 Å². The number of hydrogen-bond acceptors (Lipinski definition) is 0. The number of benzene rings is 2. The van der Waals surface area contributed by atoms with Crippen LogP contribution < -0.4 is 0 Å². The third-order valence-corrected chi connectivity index (χ3v) is 4.00. The molecule has 2 aromatic rings. The highest BCUT2D eigenvalue weighted by Gasteiger charge is 2.29. The molecule has 2 rings (SSSR count). The molecule has 0 heterocycles. The second-order valence-electron chi connectivity index (χ2n) is 4.66. The molecule has 4 heteroatoms. The van der Waals surface area contributed by atoms with E-state index in [0.29, 0.717) is 6.42 Å². The van der Waals surface area contributed by atoms with Crippen molar-refractivity contribution in [3.05, 3.63) is 71.3 Å². The van der Waals surface area contributed by atoms with Gasteiger partial charge in [0.25, 0.3) is 0 Å². The molecule has 0 fully saturated rings. The van der Waals surface area contributed by atoms with Crippen molar-refractivity contribution >= 4 is 15.9 Å². The highest BCUT2D eigenvalue weighted by Crippen LogP contribution is 2.30. The summed E-state index contributed by atoms with van der Waals surface area (Å²) >= 11 is 3.48. The molecule has 0 aromatic heterocycles. The minimum atomic E-state index is -4.27. The van der Waals surface area contributed by atoms with Crippen molar-refractivity contribution in [1.82, 2.24) is 0 Å². The zero-order valence-corrected chi connectivity index (χ0v) is 12.3. The minimum Gasteiger partial charge on any atom is -0.166 e. The Morgan fingerprint density at radius 2 is 1.50 bits per heavy atom. The summed E-state index contributed by atoms with van der Waals surface area (Å²) in [4.78, 5) is 0. The van der Waals surface area contributed by atoms with E-state index in [-0.39, 0.29) is 5.92 Å². The van der Waals surface area contributed by atoms with Crippen LogP contribution in [0.5, 0.6) is 0 Å². The lowest BCUT2D eigenvalue weighted by molar-refractivity contribution is -0.137. The first kappa shape index (κ1) is 15.1. The molecule has 0 aliphatic heterocycles. The Morgan fingerprint density at radius 1 is 0.900 bits per heavy atom. The van der Waals surface area contributed by atoms with Gasteiger partial charge in [0.05, 0.1) is 5.56 Å². The first-order valence-corrected chi connectivity index (χ1v) is 7.40. The van der Waals surface area contributed by atoms with Gasteiger partial charge in [-0.25, -0.2) is 0 Å². The van der Waals surface area contributed by atoms with Crippen LogP contribution in [0.3, 0.4) is 0 Å². The van der Waals surface area contributed by atoms with Crippen LogP contribution in [0, 0.1) is 0 Å². The van der Waals surface area contributed by atoms with Crippen molar-refractivity contribution in [2.45, 2.75) is 18.5 Å². The van der Waals surface area contributed by atoms with Gasteiger partial charge in [0, 0.05) is 5.33 Å². The lowest BCUT2D eigenvalue weighted by Gasteiger charge is -2.15. The molecule has 20 heavy (non-hydrogen) atoms. The Hall–Kier alpha value is -1.29. The van der Waals surface area contributed by atoms with E-state index in [2.05, 4.69) is 15.9 Å². The Balaban J connectivity index is 2.13. The molecule has 0 nitrogen and oxygen atoms in total. The van der Waals surface area contributed by atoms with Crippen molar-refractivity contribution < 1.29 is 13.2 Å². The molecular weight excluding hydrogens is 329 g/mol. The van der Waals surface area contributed by atoms with Crippen molar-refractivity contribution in [3.63, 3.8) is 0 Å². The smallest absolute Gasteiger partial charge is 0.166 e. The summed E-state index contributed by atoms with van der Waals surface area (Å²) in [6.07, 6.45) is -3.56. The van der Waals surface area contributed by atoms with Crippen molar-refractivity contribution in [1.29, 1.82) is 0 Å². The summed E-state index contributed by atoms with van der Waals surface area (Å²) in [5.74, 6) is 0.257. The van der Waals surface area contributed by atoms with Gasteiger partial charge in [-0.3, -0.25) is 0 Å². The SMILES string of the molecule is FC(F)(F)c1ccc(CC(CBr)c2ccccc2)cc1. The Bertz CT molecular complexity index is 532. The maximum absolute atomic E-state index is 12.5. The molecule has 0 saturated heterocycles. The summed E-state index contributed by atoms with van der Waals surface area (Å²) < 4.78 is 37.5. The monoisotopic (exact) mass is 342 g/mol. The van der Waals surface area contributed by atoms with Crippen LogP contribution in [-0.2, 0) is 12.6 Å². The third-order valence-electron chi connectivity index (χ3n) is 3.22. The number of alkyl halides is 4. The third kappa shape index (κ3) is 3.85. The van der Waals surface area contributed by atoms with Gasteiger partial charge in [-0.05, 0) is 35.6 Å². The summed E-state index contributed by atoms with van der Waals surface area (Å²) in [5.41, 5.74) is 1.49. The predicted molar refractivity (Wildman–Crippen MR) is 78.1 cm³/mol. The molecule has 0 bridgehead atoms. The van der Waals surface area contributed by atoms with Crippen LogP contribution in [0.4, 0.5) is 13.2 Å². The van der Waals surface area contributed by atoms with Gasteiger partial charge in [-0.15, -0.1) is 0 Å². The predicted octanol–water partition coefficient (Wildman–Crippen LogP) is 5.43. The molecule has 106 valence electrons. The van der Waals surface area contributed by atoms with Crippen LogP contribution in [0.15, 0.2) is 54.6 Å². The number of halogens is 4. The largest absolute Gasteiger partial charge is 0.416 e. The molecule has 0 N–H and O–H groups in total. The molecule has 0 radical (unpaired) electrons. The first-order chi connectivity index (χ1) is 9.50. The quantitative estimate of drug-likeness (QED) is 0.650. The molecule has 0 aliphatic carbocycles. The van der Waals surface area contributed by atoms with E-state index in [1.165, 1.54) is 5.56 Å². The molecule has 2 aromatic carbocycles. The van der Waals surface area contributed by atoms with Crippen molar-refractivity contribution in [3.8, 4) is 0 Å². The van der Waals surface area contributed by atoms with E-state index < -0.39 is 11.7 Å². The van der Waals surface area contributed by atoms with E-state index in [4.69, 9.17) is 0 Å².